The van der Waals surface area contributed by atoms with E-state index in [1.807, 2.05) is 25.2 Å². The fourth-order valence-electron chi connectivity index (χ4n) is 2.83. The molecule has 160 valence electrons. The Labute approximate surface area is 174 Å². The molecular formula is C24H34O5. The lowest BCUT2D eigenvalue weighted by molar-refractivity contribution is -0.143. The molecule has 4 atom stereocenters. The molecule has 1 heterocycles. The van der Waals surface area contributed by atoms with Crippen molar-refractivity contribution in [2.45, 2.75) is 70.7 Å². The highest BCUT2D eigenvalue weighted by molar-refractivity contribution is 5.92. The second-order valence-electron chi connectivity index (χ2n) is 7.24. The largest absolute Gasteiger partial charge is 0.459 e. The summed E-state index contributed by atoms with van der Waals surface area (Å²) in [7, 11) is 0. The monoisotopic (exact) mass is 402 g/mol. The Hall–Kier alpha value is -2.24. The van der Waals surface area contributed by atoms with Crippen LogP contribution in [0.25, 0.3) is 0 Å². The van der Waals surface area contributed by atoms with Gasteiger partial charge in [0.05, 0.1) is 12.2 Å². The summed E-state index contributed by atoms with van der Waals surface area (Å²) in [5, 5.41) is 20.2. The summed E-state index contributed by atoms with van der Waals surface area (Å²) in [4.78, 5) is 24.1. The summed E-state index contributed by atoms with van der Waals surface area (Å²) in [5.74, 6) is -1.03. The predicted octanol–water partition coefficient (Wildman–Crippen LogP) is 3.98. The maximum absolute atomic E-state index is 12.2. The van der Waals surface area contributed by atoms with E-state index < -0.39 is 24.1 Å². The number of allylic oxidation sites excluding steroid dienone is 7. The number of ketones is 1. The maximum Gasteiger partial charge on any atom is 0.331 e. The summed E-state index contributed by atoms with van der Waals surface area (Å²) < 4.78 is 5.43. The molecule has 0 fully saturated rings. The van der Waals surface area contributed by atoms with Crippen molar-refractivity contribution in [2.75, 3.05) is 0 Å². The van der Waals surface area contributed by atoms with Crippen molar-refractivity contribution in [1.29, 1.82) is 0 Å². The number of aliphatic hydroxyl groups excluding tert-OH is 2. The third-order valence-electron chi connectivity index (χ3n) is 4.82. The minimum Gasteiger partial charge on any atom is -0.459 e. The van der Waals surface area contributed by atoms with E-state index in [4.69, 9.17) is 4.74 Å². The average Bonchev–Trinajstić information content (AvgIpc) is 2.70. The average molecular weight is 403 g/mol. The zero-order chi connectivity index (χ0) is 21.5. The molecule has 0 amide bonds. The molecule has 0 unspecified atom stereocenters. The first kappa shape index (κ1) is 24.8. The fourth-order valence-corrected chi connectivity index (χ4v) is 2.83. The molecule has 0 aliphatic carbocycles. The van der Waals surface area contributed by atoms with Gasteiger partial charge < -0.3 is 14.9 Å². The molecule has 0 saturated heterocycles. The van der Waals surface area contributed by atoms with Crippen LogP contribution in [0.4, 0.5) is 0 Å². The number of cyclic esters (lactones) is 1. The SMILES string of the molecule is CC[C@H]1CCC[C@H](O)[C@@H](C)C(=O)/C=C/C=C\C[C@H](O)C/C=C/C=C/C=C/C(=O)O1. The van der Waals surface area contributed by atoms with Crippen LogP contribution in [0.2, 0.25) is 0 Å². The normalized spacial score (nSPS) is 34.1. The van der Waals surface area contributed by atoms with E-state index in [-0.39, 0.29) is 11.9 Å². The molecule has 0 aromatic carbocycles. The Morgan fingerprint density at radius 1 is 0.931 bits per heavy atom. The number of aliphatic hydroxyl groups is 2. The Bertz CT molecular complexity index is 642. The summed E-state index contributed by atoms with van der Waals surface area (Å²) in [6.07, 6.45) is 18.8. The Morgan fingerprint density at radius 3 is 2.24 bits per heavy atom. The third-order valence-corrected chi connectivity index (χ3v) is 4.82. The van der Waals surface area contributed by atoms with Crippen LogP contribution in [-0.2, 0) is 14.3 Å². The van der Waals surface area contributed by atoms with Gasteiger partial charge in [0.25, 0.3) is 0 Å². The van der Waals surface area contributed by atoms with E-state index >= 15 is 0 Å². The van der Waals surface area contributed by atoms with Crippen LogP contribution in [0.5, 0.6) is 0 Å². The summed E-state index contributed by atoms with van der Waals surface area (Å²) in [6, 6.07) is 0. The van der Waals surface area contributed by atoms with Gasteiger partial charge in [-0.2, -0.15) is 0 Å². The quantitative estimate of drug-likeness (QED) is 0.648. The highest BCUT2D eigenvalue weighted by Gasteiger charge is 2.20. The van der Waals surface area contributed by atoms with Crippen molar-refractivity contribution in [1.82, 2.24) is 0 Å². The van der Waals surface area contributed by atoms with Crippen LogP contribution in [0.15, 0.2) is 60.8 Å². The molecule has 1 aliphatic rings. The number of esters is 1. The minimum absolute atomic E-state index is 0.136. The summed E-state index contributed by atoms with van der Waals surface area (Å²) in [5.41, 5.74) is 0. The standard InChI is InChI=1S/C24H34O5/c1-3-21-15-12-17-23(27)19(2)22(26)16-10-7-9-14-20(25)13-8-5-4-6-11-18-24(28)29-21/h4-11,16,18-21,23,25,27H,3,12-15,17H2,1-2H3/b6-4+,8-5+,9-7-,16-10+,18-11+/t19-,20+,21-,23-/m0/s1. The lowest BCUT2D eigenvalue weighted by atomic mass is 9.94. The van der Waals surface area contributed by atoms with Gasteiger partial charge in [-0.15, -0.1) is 0 Å². The number of hydrogen-bond donors (Lipinski definition) is 2. The minimum atomic E-state index is -0.735. The molecule has 0 spiro atoms. The van der Waals surface area contributed by atoms with Crippen molar-refractivity contribution < 1.29 is 24.5 Å². The van der Waals surface area contributed by atoms with Gasteiger partial charge >= 0.3 is 5.97 Å². The van der Waals surface area contributed by atoms with Gasteiger partial charge in [-0.1, -0.05) is 62.5 Å². The highest BCUT2D eigenvalue weighted by Crippen LogP contribution is 2.16. The highest BCUT2D eigenvalue weighted by atomic mass is 16.5. The van der Waals surface area contributed by atoms with Gasteiger partial charge in [0, 0.05) is 12.0 Å². The molecule has 29 heavy (non-hydrogen) atoms. The van der Waals surface area contributed by atoms with Crippen LogP contribution >= 0.6 is 0 Å². The molecule has 0 saturated carbocycles. The molecule has 1 aliphatic heterocycles. The summed E-state index contributed by atoms with van der Waals surface area (Å²) in [6.45, 7) is 3.66. The molecule has 0 aromatic heterocycles. The lowest BCUT2D eigenvalue weighted by Gasteiger charge is -2.19. The van der Waals surface area contributed by atoms with E-state index in [9.17, 15) is 19.8 Å². The summed E-state index contributed by atoms with van der Waals surface area (Å²) >= 11 is 0. The molecule has 5 heteroatoms. The number of ether oxygens (including phenoxy) is 1. The van der Waals surface area contributed by atoms with Crippen molar-refractivity contribution in [3.05, 3.63) is 60.8 Å². The first-order valence-electron chi connectivity index (χ1n) is 10.4. The van der Waals surface area contributed by atoms with E-state index in [1.165, 1.54) is 12.2 Å². The van der Waals surface area contributed by atoms with Gasteiger partial charge in [-0.05, 0) is 44.6 Å². The van der Waals surface area contributed by atoms with Crippen LogP contribution in [0, 0.1) is 5.92 Å². The molecule has 2 N–H and O–H groups in total. The van der Waals surface area contributed by atoms with Crippen molar-refractivity contribution >= 4 is 11.8 Å². The lowest BCUT2D eigenvalue weighted by Crippen LogP contribution is -2.25. The zero-order valence-electron chi connectivity index (χ0n) is 17.4. The second kappa shape index (κ2) is 14.7. The topological polar surface area (TPSA) is 83.8 Å². The first-order chi connectivity index (χ1) is 13.9. The smallest absolute Gasteiger partial charge is 0.331 e. The molecule has 0 radical (unpaired) electrons. The van der Waals surface area contributed by atoms with Crippen molar-refractivity contribution in [3.8, 4) is 0 Å². The second-order valence-corrected chi connectivity index (χ2v) is 7.24. The molecule has 0 bridgehead atoms. The van der Waals surface area contributed by atoms with Crippen LogP contribution < -0.4 is 0 Å². The Morgan fingerprint density at radius 2 is 1.55 bits per heavy atom. The van der Waals surface area contributed by atoms with Gasteiger partial charge in [0.2, 0.25) is 0 Å². The fraction of sp³-hybridized carbons (Fsp3) is 0.500. The molecule has 0 aromatic rings. The van der Waals surface area contributed by atoms with Gasteiger partial charge in [-0.25, -0.2) is 4.79 Å². The van der Waals surface area contributed by atoms with E-state index in [2.05, 4.69) is 0 Å². The molecule has 1 rings (SSSR count). The van der Waals surface area contributed by atoms with E-state index in [1.54, 1.807) is 37.3 Å². The Balaban J connectivity index is 2.79. The number of rotatable bonds is 1. The third kappa shape index (κ3) is 11.4. The van der Waals surface area contributed by atoms with Crippen molar-refractivity contribution in [3.63, 3.8) is 0 Å². The van der Waals surface area contributed by atoms with Gasteiger partial charge in [0.15, 0.2) is 5.78 Å². The van der Waals surface area contributed by atoms with Crippen LogP contribution in [0.1, 0.15) is 52.4 Å². The Kier molecular flexibility index (Phi) is 12.6. The van der Waals surface area contributed by atoms with Crippen LogP contribution in [0.3, 0.4) is 0 Å². The van der Waals surface area contributed by atoms with E-state index in [0.29, 0.717) is 38.5 Å². The van der Waals surface area contributed by atoms with E-state index in [0.717, 1.165) is 0 Å². The van der Waals surface area contributed by atoms with Crippen LogP contribution in [-0.4, -0.2) is 40.3 Å². The van der Waals surface area contributed by atoms with Crippen molar-refractivity contribution in [2.24, 2.45) is 5.92 Å². The maximum atomic E-state index is 12.2. The number of carbonyl (C=O) groups is 2. The number of carbonyl (C=O) groups excluding carboxylic acids is 2. The van der Waals surface area contributed by atoms with Gasteiger partial charge in [0.1, 0.15) is 6.10 Å². The molecule has 5 nitrogen and oxygen atoms in total. The van der Waals surface area contributed by atoms with Gasteiger partial charge in [-0.3, -0.25) is 4.79 Å². The number of hydrogen-bond acceptors (Lipinski definition) is 5. The zero-order valence-corrected chi connectivity index (χ0v) is 17.4. The predicted molar refractivity (Wildman–Crippen MR) is 115 cm³/mol. The first-order valence-corrected chi connectivity index (χ1v) is 10.4. The molecular weight excluding hydrogens is 368 g/mol.